The van der Waals surface area contributed by atoms with Crippen molar-refractivity contribution in [1.82, 2.24) is 0 Å². The van der Waals surface area contributed by atoms with Crippen molar-refractivity contribution in [3.05, 3.63) is 35.9 Å². The number of hydrogen-bond acceptors (Lipinski definition) is 0. The third-order valence-corrected chi connectivity index (χ3v) is 4.84. The Hall–Kier alpha value is -0.780. The van der Waals surface area contributed by atoms with Crippen LogP contribution in [0.2, 0.25) is 0 Å². The Labute approximate surface area is 139 Å². The van der Waals surface area contributed by atoms with Crippen LogP contribution in [0.1, 0.15) is 84.1 Å². The van der Waals surface area contributed by atoms with Gasteiger partial charge in [0.15, 0.2) is 0 Å². The van der Waals surface area contributed by atoms with Crippen LogP contribution in [-0.4, -0.2) is 0 Å². The fourth-order valence-corrected chi connectivity index (χ4v) is 2.44. The average Bonchev–Trinajstić information content (AvgIpc) is 3.11. The Bertz CT molecular complexity index is 340. The number of hydrogen-bond donors (Lipinski definition) is 0. The van der Waals surface area contributed by atoms with Crippen LogP contribution in [0.15, 0.2) is 30.3 Å². The van der Waals surface area contributed by atoms with Crippen molar-refractivity contribution in [1.29, 1.82) is 0 Å². The highest BCUT2D eigenvalue weighted by Crippen LogP contribution is 2.26. The molecule has 3 aliphatic rings. The van der Waals surface area contributed by atoms with E-state index in [-0.39, 0.29) is 0 Å². The van der Waals surface area contributed by atoms with Crippen LogP contribution in [0.4, 0.5) is 0 Å². The van der Waals surface area contributed by atoms with Gasteiger partial charge in [-0.3, -0.25) is 0 Å². The molecule has 0 heteroatoms. The molecule has 0 N–H and O–H groups in total. The summed E-state index contributed by atoms with van der Waals surface area (Å²) in [4.78, 5) is 0. The molecule has 126 valence electrons. The smallest absolute Gasteiger partial charge is 0.0398 e. The van der Waals surface area contributed by atoms with Crippen LogP contribution < -0.4 is 0 Å². The van der Waals surface area contributed by atoms with Gasteiger partial charge in [0, 0.05) is 0 Å². The lowest BCUT2D eigenvalue weighted by Gasteiger charge is -2.18. The standard InChI is InChI=1S/C7H8.C6H12.C5H10.C4H8/c1-7-5-3-2-4-6-7;1-6-4-2-3-5-6;1-5-3-2-4-5;1-4-2-3-4/h2-6H,1H3;6H,2-5H2,1H3;5H,2-4H2,1H3;4H,2-3H2,1H3. The molecule has 3 fully saturated rings. The van der Waals surface area contributed by atoms with Crippen molar-refractivity contribution in [2.75, 3.05) is 0 Å². The van der Waals surface area contributed by atoms with Crippen LogP contribution >= 0.6 is 0 Å². The van der Waals surface area contributed by atoms with E-state index in [9.17, 15) is 0 Å². The molecule has 0 heterocycles. The van der Waals surface area contributed by atoms with Gasteiger partial charge in [0.05, 0.1) is 0 Å². The van der Waals surface area contributed by atoms with E-state index in [1.165, 1.54) is 63.4 Å². The number of aryl methyl sites for hydroxylation is 1. The molecule has 0 unspecified atom stereocenters. The fraction of sp³-hybridized carbons (Fsp3) is 0.727. The first-order valence-corrected chi connectivity index (χ1v) is 9.59. The van der Waals surface area contributed by atoms with Gasteiger partial charge in [-0.1, -0.05) is 114 Å². The van der Waals surface area contributed by atoms with Crippen molar-refractivity contribution in [2.45, 2.75) is 85.5 Å². The van der Waals surface area contributed by atoms with E-state index in [4.69, 9.17) is 0 Å². The molecular formula is C22H38. The summed E-state index contributed by atoms with van der Waals surface area (Å²) in [7, 11) is 0. The summed E-state index contributed by atoms with van der Waals surface area (Å²) >= 11 is 0. The first-order chi connectivity index (χ1) is 10.6. The van der Waals surface area contributed by atoms with Crippen molar-refractivity contribution in [3.8, 4) is 0 Å². The predicted octanol–water partition coefficient (Wildman–Crippen LogP) is 7.41. The highest BCUT2D eigenvalue weighted by Gasteiger charge is 2.12. The summed E-state index contributed by atoms with van der Waals surface area (Å²) in [6, 6.07) is 10.3. The number of rotatable bonds is 0. The van der Waals surface area contributed by atoms with Gasteiger partial charge < -0.3 is 0 Å². The van der Waals surface area contributed by atoms with E-state index >= 15 is 0 Å². The van der Waals surface area contributed by atoms with E-state index < -0.39 is 0 Å². The summed E-state index contributed by atoms with van der Waals surface area (Å²) in [5, 5.41) is 0. The largest absolute Gasteiger partial charge is 0.0625 e. The van der Waals surface area contributed by atoms with Gasteiger partial charge >= 0.3 is 0 Å². The molecule has 0 atom stereocenters. The van der Waals surface area contributed by atoms with E-state index in [0.29, 0.717) is 0 Å². The van der Waals surface area contributed by atoms with Gasteiger partial charge in [-0.15, -0.1) is 0 Å². The minimum absolute atomic E-state index is 1.05. The molecule has 0 nitrogen and oxygen atoms in total. The molecule has 1 aromatic carbocycles. The third-order valence-electron chi connectivity index (χ3n) is 4.84. The molecule has 22 heavy (non-hydrogen) atoms. The molecule has 0 saturated heterocycles. The van der Waals surface area contributed by atoms with Gasteiger partial charge in [0.2, 0.25) is 0 Å². The van der Waals surface area contributed by atoms with Crippen LogP contribution in [0, 0.1) is 24.7 Å². The Balaban J connectivity index is 0.000000149. The Morgan fingerprint density at radius 3 is 1.14 bits per heavy atom. The summed E-state index contributed by atoms with van der Waals surface area (Å²) in [5.74, 6) is 3.19. The Kier molecular flexibility index (Phi) is 10.3. The maximum atomic E-state index is 2.34. The topological polar surface area (TPSA) is 0 Å². The lowest BCUT2D eigenvalue weighted by atomic mass is 9.88. The molecule has 1 aromatic rings. The van der Waals surface area contributed by atoms with Gasteiger partial charge in [-0.25, -0.2) is 0 Å². The van der Waals surface area contributed by atoms with Crippen molar-refractivity contribution in [3.63, 3.8) is 0 Å². The molecule has 0 aliphatic heterocycles. The van der Waals surface area contributed by atoms with Crippen molar-refractivity contribution in [2.24, 2.45) is 17.8 Å². The molecule has 3 saturated carbocycles. The molecular weight excluding hydrogens is 264 g/mol. The van der Waals surface area contributed by atoms with Gasteiger partial charge in [0.25, 0.3) is 0 Å². The molecule has 0 bridgehead atoms. The van der Waals surface area contributed by atoms with E-state index in [1.807, 2.05) is 18.2 Å². The summed E-state index contributed by atoms with van der Waals surface area (Å²) in [6.07, 6.45) is 13.4. The minimum atomic E-state index is 1.05. The first kappa shape index (κ1) is 19.3. The van der Waals surface area contributed by atoms with Crippen LogP contribution in [-0.2, 0) is 0 Å². The van der Waals surface area contributed by atoms with Crippen LogP contribution in [0.25, 0.3) is 0 Å². The lowest BCUT2D eigenvalue weighted by Crippen LogP contribution is -2.04. The molecule has 3 aliphatic carbocycles. The zero-order chi connectivity index (χ0) is 16.2. The molecule has 0 amide bonds. The number of benzene rings is 1. The first-order valence-electron chi connectivity index (χ1n) is 9.59. The molecule has 4 rings (SSSR count). The van der Waals surface area contributed by atoms with Gasteiger partial charge in [-0.05, 0) is 24.7 Å². The van der Waals surface area contributed by atoms with Crippen LogP contribution in [0.5, 0.6) is 0 Å². The normalized spacial score (nSPS) is 20.4. The second kappa shape index (κ2) is 11.7. The van der Waals surface area contributed by atoms with Crippen molar-refractivity contribution >= 4 is 0 Å². The molecule has 0 radical (unpaired) electrons. The minimum Gasteiger partial charge on any atom is -0.0625 e. The predicted molar refractivity (Wildman–Crippen MR) is 100 cm³/mol. The van der Waals surface area contributed by atoms with Gasteiger partial charge in [-0.2, -0.15) is 0 Å². The SMILES string of the molecule is CC1CC1.CC1CCC1.CC1CCCC1.Cc1ccccc1. The Morgan fingerprint density at radius 1 is 0.591 bits per heavy atom. The van der Waals surface area contributed by atoms with E-state index in [2.05, 4.69) is 39.8 Å². The van der Waals surface area contributed by atoms with E-state index in [1.54, 1.807) is 0 Å². The van der Waals surface area contributed by atoms with Crippen LogP contribution in [0.3, 0.4) is 0 Å². The maximum Gasteiger partial charge on any atom is -0.0398 e. The average molecular weight is 303 g/mol. The summed E-state index contributed by atoms with van der Waals surface area (Å²) in [6.45, 7) is 9.01. The third kappa shape index (κ3) is 11.8. The fourth-order valence-electron chi connectivity index (χ4n) is 2.44. The second-order valence-corrected chi connectivity index (χ2v) is 7.76. The Morgan fingerprint density at radius 2 is 1.00 bits per heavy atom. The van der Waals surface area contributed by atoms with Gasteiger partial charge in [0.1, 0.15) is 0 Å². The molecule has 0 spiro atoms. The summed E-state index contributed by atoms with van der Waals surface area (Å²) < 4.78 is 0. The second-order valence-electron chi connectivity index (χ2n) is 7.76. The zero-order valence-electron chi connectivity index (χ0n) is 15.5. The van der Waals surface area contributed by atoms with Crippen molar-refractivity contribution < 1.29 is 0 Å². The summed E-state index contributed by atoms with van der Waals surface area (Å²) in [5.41, 5.74) is 1.32. The highest BCUT2D eigenvalue weighted by molar-refractivity contribution is 5.11. The maximum absolute atomic E-state index is 2.34. The highest BCUT2D eigenvalue weighted by atomic mass is 14.2. The lowest BCUT2D eigenvalue weighted by molar-refractivity contribution is 0.346. The monoisotopic (exact) mass is 302 g/mol. The zero-order valence-corrected chi connectivity index (χ0v) is 15.5. The molecule has 0 aromatic heterocycles. The van der Waals surface area contributed by atoms with E-state index in [0.717, 1.165) is 17.8 Å². The quantitative estimate of drug-likeness (QED) is 0.468.